The molecule has 0 saturated heterocycles. The van der Waals surface area contributed by atoms with Crippen LogP contribution in [0.25, 0.3) is 10.8 Å². The van der Waals surface area contributed by atoms with Crippen LogP contribution in [-0.2, 0) is 11.2 Å². The molecule has 3 rings (SSSR count). The van der Waals surface area contributed by atoms with Crippen molar-refractivity contribution in [3.63, 3.8) is 0 Å². The molecular formula is C20H17ClN2O2. The van der Waals surface area contributed by atoms with Gasteiger partial charge in [-0.1, -0.05) is 54.1 Å². The van der Waals surface area contributed by atoms with E-state index < -0.39 is 0 Å². The zero-order valence-corrected chi connectivity index (χ0v) is 14.5. The van der Waals surface area contributed by atoms with Crippen LogP contribution in [0, 0.1) is 0 Å². The van der Waals surface area contributed by atoms with Crippen molar-refractivity contribution in [2.45, 2.75) is 6.42 Å². The number of hydrogen-bond acceptors (Lipinski definition) is 3. The summed E-state index contributed by atoms with van der Waals surface area (Å²) in [5.41, 5.74) is 4.29. The van der Waals surface area contributed by atoms with Crippen molar-refractivity contribution in [2.24, 2.45) is 5.10 Å². The summed E-state index contributed by atoms with van der Waals surface area (Å²) in [7, 11) is 1.56. The summed E-state index contributed by atoms with van der Waals surface area (Å²) in [4.78, 5) is 12.1. The van der Waals surface area contributed by atoms with Crippen molar-refractivity contribution in [1.82, 2.24) is 5.43 Å². The summed E-state index contributed by atoms with van der Waals surface area (Å²) in [5, 5.41) is 6.67. The smallest absolute Gasteiger partial charge is 0.244 e. The maximum Gasteiger partial charge on any atom is 0.244 e. The van der Waals surface area contributed by atoms with Crippen LogP contribution >= 0.6 is 11.6 Å². The number of rotatable bonds is 5. The Hall–Kier alpha value is -2.85. The van der Waals surface area contributed by atoms with Crippen LogP contribution in [0.1, 0.15) is 11.1 Å². The quantitative estimate of drug-likeness (QED) is 0.552. The molecule has 0 aliphatic rings. The van der Waals surface area contributed by atoms with Gasteiger partial charge in [-0.15, -0.1) is 0 Å². The molecule has 5 heteroatoms. The molecule has 0 atom stereocenters. The molecule has 3 aromatic rings. The zero-order chi connectivity index (χ0) is 17.6. The molecule has 3 aromatic carbocycles. The molecule has 0 bridgehead atoms. The topological polar surface area (TPSA) is 50.7 Å². The van der Waals surface area contributed by atoms with Crippen LogP contribution in [0.4, 0.5) is 0 Å². The molecule has 0 fully saturated rings. The summed E-state index contributed by atoms with van der Waals surface area (Å²) in [5.74, 6) is 0.422. The van der Waals surface area contributed by atoms with Crippen LogP contribution in [0.2, 0.25) is 5.02 Å². The van der Waals surface area contributed by atoms with Gasteiger partial charge in [0.25, 0.3) is 0 Å². The van der Waals surface area contributed by atoms with Gasteiger partial charge in [0, 0.05) is 0 Å². The number of methoxy groups -OCH3 is 1. The van der Waals surface area contributed by atoms with Gasteiger partial charge in [-0.3, -0.25) is 4.79 Å². The van der Waals surface area contributed by atoms with E-state index in [4.69, 9.17) is 16.3 Å². The number of hydrazone groups is 1. The SMILES string of the molecule is COc1ccc(/C=N\NC(=O)Cc2cccc3ccccc23)cc1Cl. The van der Waals surface area contributed by atoms with Crippen molar-refractivity contribution < 1.29 is 9.53 Å². The van der Waals surface area contributed by atoms with E-state index in [-0.39, 0.29) is 12.3 Å². The molecule has 0 aliphatic heterocycles. The third kappa shape index (κ3) is 4.17. The Balaban J connectivity index is 1.65. The number of amides is 1. The average Bonchev–Trinajstić information content (AvgIpc) is 2.62. The molecule has 0 unspecified atom stereocenters. The summed E-state index contributed by atoms with van der Waals surface area (Å²) in [6.45, 7) is 0. The lowest BCUT2D eigenvalue weighted by molar-refractivity contribution is -0.120. The number of halogens is 1. The van der Waals surface area contributed by atoms with E-state index in [0.717, 1.165) is 21.9 Å². The van der Waals surface area contributed by atoms with Gasteiger partial charge in [0.15, 0.2) is 0 Å². The summed E-state index contributed by atoms with van der Waals surface area (Å²) < 4.78 is 5.10. The highest BCUT2D eigenvalue weighted by Crippen LogP contribution is 2.24. The van der Waals surface area contributed by atoms with Crippen molar-refractivity contribution in [2.75, 3.05) is 7.11 Å². The molecule has 0 aromatic heterocycles. The highest BCUT2D eigenvalue weighted by atomic mass is 35.5. The Labute approximate surface area is 151 Å². The summed E-state index contributed by atoms with van der Waals surface area (Å²) in [6, 6.07) is 19.2. The number of hydrogen-bond donors (Lipinski definition) is 1. The number of carbonyl (C=O) groups excluding carboxylic acids is 1. The Bertz CT molecular complexity index is 933. The monoisotopic (exact) mass is 352 g/mol. The van der Waals surface area contributed by atoms with Crippen molar-refractivity contribution in [3.05, 3.63) is 76.8 Å². The number of ether oxygens (including phenoxy) is 1. The minimum absolute atomic E-state index is 0.174. The highest BCUT2D eigenvalue weighted by Gasteiger charge is 2.06. The number of benzene rings is 3. The van der Waals surface area contributed by atoms with Gasteiger partial charge in [0.2, 0.25) is 5.91 Å². The number of carbonyl (C=O) groups is 1. The van der Waals surface area contributed by atoms with E-state index >= 15 is 0 Å². The first-order chi connectivity index (χ1) is 12.2. The second kappa shape index (κ2) is 7.81. The van der Waals surface area contributed by atoms with Crippen LogP contribution in [0.15, 0.2) is 65.8 Å². The third-order valence-electron chi connectivity index (χ3n) is 3.81. The second-order valence-electron chi connectivity index (χ2n) is 5.50. The Morgan fingerprint density at radius 1 is 1.16 bits per heavy atom. The molecule has 4 nitrogen and oxygen atoms in total. The minimum Gasteiger partial charge on any atom is -0.495 e. The van der Waals surface area contributed by atoms with Crippen LogP contribution in [0.5, 0.6) is 5.75 Å². The maximum atomic E-state index is 12.1. The van der Waals surface area contributed by atoms with Gasteiger partial charge in [-0.25, -0.2) is 5.43 Å². The van der Waals surface area contributed by atoms with E-state index in [1.54, 1.807) is 25.5 Å². The molecule has 1 amide bonds. The van der Waals surface area contributed by atoms with Gasteiger partial charge in [0.1, 0.15) is 5.75 Å². The van der Waals surface area contributed by atoms with Crippen LogP contribution in [-0.4, -0.2) is 19.2 Å². The number of fused-ring (bicyclic) bond motifs is 1. The zero-order valence-electron chi connectivity index (χ0n) is 13.7. The normalized spacial score (nSPS) is 11.0. The van der Waals surface area contributed by atoms with E-state index in [2.05, 4.69) is 10.5 Å². The van der Waals surface area contributed by atoms with E-state index in [9.17, 15) is 4.79 Å². The molecular weight excluding hydrogens is 336 g/mol. The minimum atomic E-state index is -0.174. The lowest BCUT2D eigenvalue weighted by Gasteiger charge is -2.05. The van der Waals surface area contributed by atoms with E-state index in [1.165, 1.54) is 0 Å². The van der Waals surface area contributed by atoms with E-state index in [1.807, 2.05) is 48.5 Å². The molecule has 0 aliphatic carbocycles. The first-order valence-corrected chi connectivity index (χ1v) is 8.17. The Morgan fingerprint density at radius 3 is 2.76 bits per heavy atom. The summed E-state index contributed by atoms with van der Waals surface area (Å²) >= 11 is 6.06. The lowest BCUT2D eigenvalue weighted by atomic mass is 10.0. The van der Waals surface area contributed by atoms with Crippen LogP contribution < -0.4 is 10.2 Å². The summed E-state index contributed by atoms with van der Waals surface area (Å²) in [6.07, 6.45) is 1.81. The molecule has 0 heterocycles. The molecule has 1 N–H and O–H groups in total. The molecule has 126 valence electrons. The average molecular weight is 353 g/mol. The Kier molecular flexibility index (Phi) is 5.31. The first-order valence-electron chi connectivity index (χ1n) is 7.79. The Morgan fingerprint density at radius 2 is 1.96 bits per heavy atom. The van der Waals surface area contributed by atoms with Gasteiger partial charge in [0.05, 0.1) is 24.8 Å². The molecule has 0 saturated carbocycles. The van der Waals surface area contributed by atoms with E-state index in [0.29, 0.717) is 10.8 Å². The van der Waals surface area contributed by atoms with Gasteiger partial charge >= 0.3 is 0 Å². The number of nitrogens with zero attached hydrogens (tertiary/aromatic N) is 1. The van der Waals surface area contributed by atoms with Crippen molar-refractivity contribution in [1.29, 1.82) is 0 Å². The number of nitrogens with one attached hydrogen (secondary N) is 1. The fourth-order valence-electron chi connectivity index (χ4n) is 2.60. The standard InChI is InChI=1S/C20H17ClN2O2/c1-25-19-10-9-14(11-18(19)21)13-22-23-20(24)12-16-7-4-6-15-5-2-3-8-17(15)16/h2-11,13H,12H2,1H3,(H,23,24)/b22-13-. The first kappa shape index (κ1) is 17.0. The lowest BCUT2D eigenvalue weighted by Crippen LogP contribution is -2.19. The fraction of sp³-hybridized carbons (Fsp3) is 0.100. The second-order valence-corrected chi connectivity index (χ2v) is 5.91. The van der Waals surface area contributed by atoms with Crippen molar-refractivity contribution in [3.8, 4) is 5.75 Å². The van der Waals surface area contributed by atoms with Crippen molar-refractivity contribution >= 4 is 34.5 Å². The predicted molar refractivity (Wildman–Crippen MR) is 101 cm³/mol. The molecule has 25 heavy (non-hydrogen) atoms. The van der Waals surface area contributed by atoms with Gasteiger partial charge in [-0.05, 0) is 40.1 Å². The van der Waals surface area contributed by atoms with Gasteiger partial charge < -0.3 is 4.74 Å². The highest BCUT2D eigenvalue weighted by molar-refractivity contribution is 6.32. The largest absolute Gasteiger partial charge is 0.495 e. The fourth-order valence-corrected chi connectivity index (χ4v) is 2.87. The third-order valence-corrected chi connectivity index (χ3v) is 4.11. The molecule has 0 radical (unpaired) electrons. The van der Waals surface area contributed by atoms with Crippen LogP contribution in [0.3, 0.4) is 0 Å². The van der Waals surface area contributed by atoms with Gasteiger partial charge in [-0.2, -0.15) is 5.10 Å². The molecule has 0 spiro atoms. The maximum absolute atomic E-state index is 12.1. The predicted octanol–water partition coefficient (Wildman–Crippen LogP) is 4.19.